The third-order valence-corrected chi connectivity index (χ3v) is 2.56. The highest BCUT2D eigenvalue weighted by Crippen LogP contribution is 2.41. The Kier molecular flexibility index (Phi) is 2.84. The number of rotatable bonds is 3. The number of benzene rings is 1. The summed E-state index contributed by atoms with van der Waals surface area (Å²) in [6, 6.07) is 3.71. The third-order valence-electron chi connectivity index (χ3n) is 2.28. The molecule has 0 fully saturated rings. The van der Waals surface area contributed by atoms with Gasteiger partial charge in [-0.05, 0) is 36.2 Å². The summed E-state index contributed by atoms with van der Waals surface area (Å²) in [7, 11) is 0. The molecule has 1 heterocycles. The summed E-state index contributed by atoms with van der Waals surface area (Å²) in [5.74, 6) is 1.29. The summed E-state index contributed by atoms with van der Waals surface area (Å²) < 4.78 is 10.5. The zero-order chi connectivity index (χ0) is 10.8. The SMILES string of the molecule is C=C(CCN)c1cc(Cl)c2c(c1)OCO2. The molecule has 15 heavy (non-hydrogen) atoms. The average molecular weight is 226 g/mol. The van der Waals surface area contributed by atoms with E-state index in [0.717, 1.165) is 17.6 Å². The van der Waals surface area contributed by atoms with Crippen LogP contribution in [0.15, 0.2) is 18.7 Å². The molecule has 0 atom stereocenters. The van der Waals surface area contributed by atoms with E-state index < -0.39 is 0 Å². The van der Waals surface area contributed by atoms with Crippen molar-refractivity contribution in [2.45, 2.75) is 6.42 Å². The van der Waals surface area contributed by atoms with Crippen molar-refractivity contribution in [3.8, 4) is 11.5 Å². The topological polar surface area (TPSA) is 44.5 Å². The lowest BCUT2D eigenvalue weighted by Crippen LogP contribution is -1.99. The van der Waals surface area contributed by atoms with Crippen molar-refractivity contribution in [2.24, 2.45) is 5.73 Å². The van der Waals surface area contributed by atoms with Gasteiger partial charge in [-0.3, -0.25) is 0 Å². The monoisotopic (exact) mass is 225 g/mol. The van der Waals surface area contributed by atoms with Crippen molar-refractivity contribution >= 4 is 17.2 Å². The van der Waals surface area contributed by atoms with Gasteiger partial charge >= 0.3 is 0 Å². The van der Waals surface area contributed by atoms with Crippen LogP contribution < -0.4 is 15.2 Å². The van der Waals surface area contributed by atoms with Gasteiger partial charge in [0.2, 0.25) is 6.79 Å². The van der Waals surface area contributed by atoms with Crippen molar-refractivity contribution in [1.82, 2.24) is 0 Å². The lowest BCUT2D eigenvalue weighted by atomic mass is 10.0. The molecule has 1 aliphatic heterocycles. The molecule has 1 aliphatic rings. The van der Waals surface area contributed by atoms with E-state index in [1.54, 1.807) is 0 Å². The van der Waals surface area contributed by atoms with Gasteiger partial charge in [-0.2, -0.15) is 0 Å². The van der Waals surface area contributed by atoms with E-state index in [9.17, 15) is 0 Å². The molecule has 2 rings (SSSR count). The summed E-state index contributed by atoms with van der Waals surface area (Å²) in [5.41, 5.74) is 7.38. The van der Waals surface area contributed by atoms with Gasteiger partial charge in [0.25, 0.3) is 0 Å². The van der Waals surface area contributed by atoms with E-state index in [2.05, 4.69) is 6.58 Å². The van der Waals surface area contributed by atoms with Crippen LogP contribution in [-0.2, 0) is 0 Å². The lowest BCUT2D eigenvalue weighted by Gasteiger charge is -2.06. The van der Waals surface area contributed by atoms with Gasteiger partial charge in [-0.15, -0.1) is 0 Å². The first-order valence-electron chi connectivity index (χ1n) is 4.69. The molecule has 0 aliphatic carbocycles. The molecule has 0 spiro atoms. The van der Waals surface area contributed by atoms with Crippen molar-refractivity contribution in [1.29, 1.82) is 0 Å². The van der Waals surface area contributed by atoms with Crippen LogP contribution in [0, 0.1) is 0 Å². The van der Waals surface area contributed by atoms with Crippen LogP contribution in [0.2, 0.25) is 5.02 Å². The van der Waals surface area contributed by atoms with Crippen LogP contribution in [0.3, 0.4) is 0 Å². The van der Waals surface area contributed by atoms with Gasteiger partial charge in [0.05, 0.1) is 5.02 Å². The molecular weight excluding hydrogens is 214 g/mol. The van der Waals surface area contributed by atoms with E-state index >= 15 is 0 Å². The molecular formula is C11H12ClNO2. The fraction of sp³-hybridized carbons (Fsp3) is 0.273. The minimum Gasteiger partial charge on any atom is -0.454 e. The van der Waals surface area contributed by atoms with E-state index in [-0.39, 0.29) is 6.79 Å². The van der Waals surface area contributed by atoms with Crippen LogP contribution in [0.5, 0.6) is 11.5 Å². The zero-order valence-corrected chi connectivity index (χ0v) is 9.01. The van der Waals surface area contributed by atoms with Crippen LogP contribution in [0.4, 0.5) is 0 Å². The summed E-state index contributed by atoms with van der Waals surface area (Å²) in [4.78, 5) is 0. The first kappa shape index (κ1) is 10.3. The summed E-state index contributed by atoms with van der Waals surface area (Å²) in [6.45, 7) is 4.74. The van der Waals surface area contributed by atoms with Crippen molar-refractivity contribution < 1.29 is 9.47 Å². The molecule has 0 radical (unpaired) electrons. The maximum Gasteiger partial charge on any atom is 0.231 e. The zero-order valence-electron chi connectivity index (χ0n) is 8.25. The second-order valence-corrected chi connectivity index (χ2v) is 3.74. The Morgan fingerprint density at radius 2 is 2.27 bits per heavy atom. The molecule has 0 aromatic heterocycles. The van der Waals surface area contributed by atoms with Crippen LogP contribution >= 0.6 is 11.6 Å². The predicted octanol–water partition coefficient (Wildman–Crippen LogP) is 2.43. The normalized spacial score (nSPS) is 12.9. The van der Waals surface area contributed by atoms with Crippen LogP contribution in [0.1, 0.15) is 12.0 Å². The quantitative estimate of drug-likeness (QED) is 0.859. The van der Waals surface area contributed by atoms with Gasteiger partial charge in [0, 0.05) is 0 Å². The molecule has 0 saturated carbocycles. The van der Waals surface area contributed by atoms with Gasteiger partial charge in [-0.25, -0.2) is 0 Å². The second kappa shape index (κ2) is 4.13. The second-order valence-electron chi connectivity index (χ2n) is 3.33. The standard InChI is InChI=1S/C11H12ClNO2/c1-7(2-3-13)8-4-9(12)11-10(5-8)14-6-15-11/h4-5H,1-3,6,13H2. The number of ether oxygens (including phenoxy) is 2. The summed E-state index contributed by atoms with van der Waals surface area (Å²) >= 11 is 6.04. The minimum absolute atomic E-state index is 0.224. The van der Waals surface area contributed by atoms with Gasteiger partial charge in [0.15, 0.2) is 11.5 Å². The highest BCUT2D eigenvalue weighted by molar-refractivity contribution is 6.32. The maximum absolute atomic E-state index is 6.04. The molecule has 0 bridgehead atoms. The van der Waals surface area contributed by atoms with Gasteiger partial charge in [-0.1, -0.05) is 18.2 Å². The van der Waals surface area contributed by atoms with Gasteiger partial charge < -0.3 is 15.2 Å². The number of hydrogen-bond acceptors (Lipinski definition) is 3. The summed E-state index contributed by atoms with van der Waals surface area (Å²) in [6.07, 6.45) is 0.746. The Bertz CT molecular complexity index is 404. The minimum atomic E-state index is 0.224. The fourth-order valence-corrected chi connectivity index (χ4v) is 1.76. The number of hydrogen-bond donors (Lipinski definition) is 1. The highest BCUT2D eigenvalue weighted by Gasteiger charge is 2.18. The van der Waals surface area contributed by atoms with Crippen molar-refractivity contribution in [3.63, 3.8) is 0 Å². The molecule has 3 nitrogen and oxygen atoms in total. The van der Waals surface area contributed by atoms with Crippen LogP contribution in [-0.4, -0.2) is 13.3 Å². The van der Waals surface area contributed by atoms with Crippen LogP contribution in [0.25, 0.3) is 5.57 Å². The Labute approximate surface area is 93.4 Å². The smallest absolute Gasteiger partial charge is 0.231 e. The molecule has 1 aromatic carbocycles. The van der Waals surface area contributed by atoms with E-state index in [1.807, 2.05) is 12.1 Å². The maximum atomic E-state index is 6.04. The first-order valence-corrected chi connectivity index (χ1v) is 5.07. The largest absolute Gasteiger partial charge is 0.454 e. The molecule has 0 saturated heterocycles. The van der Waals surface area contributed by atoms with Crippen molar-refractivity contribution in [3.05, 3.63) is 29.3 Å². The molecule has 80 valence electrons. The molecule has 0 amide bonds. The predicted molar refractivity (Wildman–Crippen MR) is 60.3 cm³/mol. The average Bonchev–Trinajstić information content (AvgIpc) is 2.66. The number of halogens is 1. The van der Waals surface area contributed by atoms with E-state index in [1.165, 1.54) is 0 Å². The molecule has 4 heteroatoms. The van der Waals surface area contributed by atoms with E-state index in [4.69, 9.17) is 26.8 Å². The number of fused-ring (bicyclic) bond motifs is 1. The Hall–Kier alpha value is -1.19. The Morgan fingerprint density at radius 1 is 1.47 bits per heavy atom. The van der Waals surface area contributed by atoms with E-state index in [0.29, 0.717) is 23.1 Å². The van der Waals surface area contributed by atoms with Gasteiger partial charge in [0.1, 0.15) is 0 Å². The molecule has 1 aromatic rings. The highest BCUT2D eigenvalue weighted by atomic mass is 35.5. The third kappa shape index (κ3) is 1.94. The van der Waals surface area contributed by atoms with Crippen molar-refractivity contribution in [2.75, 3.05) is 13.3 Å². The first-order chi connectivity index (χ1) is 7.22. The molecule has 2 N–H and O–H groups in total. The Morgan fingerprint density at radius 3 is 3.00 bits per heavy atom. The Balaban J connectivity index is 2.35. The lowest BCUT2D eigenvalue weighted by molar-refractivity contribution is 0.174. The number of nitrogens with two attached hydrogens (primary N) is 1. The molecule has 0 unspecified atom stereocenters. The summed E-state index contributed by atoms with van der Waals surface area (Å²) in [5, 5.41) is 0.554. The fourth-order valence-electron chi connectivity index (χ4n) is 1.49.